The Kier molecular flexibility index (Phi) is 4.64. The molecule has 2 rings (SSSR count). The van der Waals surface area contributed by atoms with Crippen LogP contribution in [0.5, 0.6) is 0 Å². The number of hydrogen-bond acceptors (Lipinski definition) is 1. The van der Waals surface area contributed by atoms with E-state index in [4.69, 9.17) is 4.74 Å². The van der Waals surface area contributed by atoms with Crippen molar-refractivity contribution in [2.24, 2.45) is 5.92 Å². The van der Waals surface area contributed by atoms with Gasteiger partial charge < -0.3 is 4.74 Å². The van der Waals surface area contributed by atoms with Crippen LogP contribution < -0.4 is 0 Å². The summed E-state index contributed by atoms with van der Waals surface area (Å²) in [5.74, 6) is 7.27. The van der Waals surface area contributed by atoms with Gasteiger partial charge in [-0.15, -0.1) is 0 Å². The number of benzene rings is 1. The minimum absolute atomic E-state index is 0.0712. The largest absolute Gasteiger partial charge is 0.364 e. The quantitative estimate of drug-likeness (QED) is 0.696. The Labute approximate surface area is 104 Å². The summed E-state index contributed by atoms with van der Waals surface area (Å²) < 4.78 is 5.45. The van der Waals surface area contributed by atoms with Crippen LogP contribution in [-0.2, 0) is 4.74 Å². The molecule has 1 aromatic carbocycles. The Balaban J connectivity index is 2.02. The number of rotatable bonds is 2. The topological polar surface area (TPSA) is 9.23 Å². The minimum Gasteiger partial charge on any atom is -0.364 e. The molecule has 1 saturated carbocycles. The first-order valence-electron chi connectivity index (χ1n) is 6.49. The van der Waals surface area contributed by atoms with Gasteiger partial charge in [0.1, 0.15) is 6.10 Å². The van der Waals surface area contributed by atoms with E-state index in [1.54, 1.807) is 7.11 Å². The molecular formula is C16H20O. The molecule has 1 unspecified atom stereocenters. The normalized spacial score (nSPS) is 18.2. The predicted octanol–water partition coefficient (Wildman–Crippen LogP) is 3.96. The monoisotopic (exact) mass is 228 g/mol. The van der Waals surface area contributed by atoms with Crippen molar-refractivity contribution in [2.75, 3.05) is 7.11 Å². The molecular weight excluding hydrogens is 208 g/mol. The van der Waals surface area contributed by atoms with Crippen LogP contribution in [-0.4, -0.2) is 7.11 Å². The molecule has 1 nitrogen and oxygen atoms in total. The third-order valence-corrected chi connectivity index (χ3v) is 3.36. The van der Waals surface area contributed by atoms with Gasteiger partial charge in [-0.2, -0.15) is 0 Å². The van der Waals surface area contributed by atoms with Gasteiger partial charge in [0.2, 0.25) is 0 Å². The molecule has 1 aliphatic carbocycles. The van der Waals surface area contributed by atoms with Crippen LogP contribution >= 0.6 is 0 Å². The van der Waals surface area contributed by atoms with Crippen LogP contribution in [0.1, 0.15) is 43.8 Å². The Morgan fingerprint density at radius 1 is 1.12 bits per heavy atom. The average Bonchev–Trinajstić information content (AvgIpc) is 2.42. The fourth-order valence-corrected chi connectivity index (χ4v) is 2.35. The average molecular weight is 228 g/mol. The third-order valence-electron chi connectivity index (χ3n) is 3.36. The highest BCUT2D eigenvalue weighted by Crippen LogP contribution is 2.23. The van der Waals surface area contributed by atoms with Crippen molar-refractivity contribution in [1.29, 1.82) is 0 Å². The Morgan fingerprint density at radius 3 is 2.47 bits per heavy atom. The zero-order valence-electron chi connectivity index (χ0n) is 10.5. The van der Waals surface area contributed by atoms with Gasteiger partial charge in [-0.05, 0) is 18.4 Å². The maximum absolute atomic E-state index is 5.45. The first-order valence-corrected chi connectivity index (χ1v) is 6.49. The van der Waals surface area contributed by atoms with Gasteiger partial charge in [0.05, 0.1) is 0 Å². The molecule has 0 saturated heterocycles. The van der Waals surface area contributed by atoms with Gasteiger partial charge in [-0.25, -0.2) is 0 Å². The molecule has 0 radical (unpaired) electrons. The Morgan fingerprint density at radius 2 is 1.82 bits per heavy atom. The highest BCUT2D eigenvalue weighted by Gasteiger charge is 2.11. The second-order valence-corrected chi connectivity index (χ2v) is 4.65. The van der Waals surface area contributed by atoms with E-state index in [0.29, 0.717) is 5.92 Å². The van der Waals surface area contributed by atoms with E-state index in [-0.39, 0.29) is 6.10 Å². The zero-order valence-corrected chi connectivity index (χ0v) is 10.5. The lowest BCUT2D eigenvalue weighted by Crippen LogP contribution is -2.04. The number of ether oxygens (including phenoxy) is 1. The summed E-state index contributed by atoms with van der Waals surface area (Å²) in [6.45, 7) is 0. The molecule has 90 valence electrons. The molecule has 0 N–H and O–H groups in total. The highest BCUT2D eigenvalue weighted by molar-refractivity contribution is 5.25. The molecule has 0 aromatic heterocycles. The summed E-state index contributed by atoms with van der Waals surface area (Å²) in [7, 11) is 1.73. The molecule has 0 aliphatic heterocycles. The Bertz CT molecular complexity index is 379. The maximum atomic E-state index is 5.45. The molecule has 17 heavy (non-hydrogen) atoms. The van der Waals surface area contributed by atoms with E-state index in [1.807, 2.05) is 18.2 Å². The third kappa shape index (κ3) is 3.61. The van der Waals surface area contributed by atoms with Crippen molar-refractivity contribution in [2.45, 2.75) is 38.2 Å². The smallest absolute Gasteiger partial charge is 0.143 e. The van der Waals surface area contributed by atoms with Gasteiger partial charge in [-0.1, -0.05) is 61.4 Å². The van der Waals surface area contributed by atoms with Crippen molar-refractivity contribution in [3.8, 4) is 11.8 Å². The van der Waals surface area contributed by atoms with E-state index < -0.39 is 0 Å². The fourth-order valence-electron chi connectivity index (χ4n) is 2.35. The maximum Gasteiger partial charge on any atom is 0.143 e. The molecule has 1 aliphatic rings. The molecule has 1 atom stereocenters. The summed E-state index contributed by atoms with van der Waals surface area (Å²) in [5, 5.41) is 0. The first-order chi connectivity index (χ1) is 8.40. The number of methoxy groups -OCH3 is 1. The summed E-state index contributed by atoms with van der Waals surface area (Å²) >= 11 is 0. The lowest BCUT2D eigenvalue weighted by molar-refractivity contribution is 0.150. The summed E-state index contributed by atoms with van der Waals surface area (Å²) in [4.78, 5) is 0. The summed E-state index contributed by atoms with van der Waals surface area (Å²) in [6.07, 6.45) is 6.50. The van der Waals surface area contributed by atoms with E-state index in [9.17, 15) is 0 Å². The van der Waals surface area contributed by atoms with Crippen LogP contribution in [0.3, 0.4) is 0 Å². The lowest BCUT2D eigenvalue weighted by Gasteiger charge is -2.16. The van der Waals surface area contributed by atoms with E-state index in [0.717, 1.165) is 5.56 Å². The summed E-state index contributed by atoms with van der Waals surface area (Å²) in [6, 6.07) is 10.2. The Hall–Kier alpha value is -1.26. The minimum atomic E-state index is -0.0712. The van der Waals surface area contributed by atoms with Gasteiger partial charge in [0.15, 0.2) is 0 Å². The first kappa shape index (κ1) is 12.2. The highest BCUT2D eigenvalue weighted by atomic mass is 16.5. The van der Waals surface area contributed by atoms with Gasteiger partial charge in [0, 0.05) is 13.0 Å². The van der Waals surface area contributed by atoms with Crippen LogP contribution in [0, 0.1) is 17.8 Å². The van der Waals surface area contributed by atoms with Crippen molar-refractivity contribution in [3.63, 3.8) is 0 Å². The lowest BCUT2D eigenvalue weighted by atomic mass is 9.89. The SMILES string of the molecule is COC(C#CC1CCCCC1)c1ccccc1. The van der Waals surface area contributed by atoms with E-state index in [2.05, 4.69) is 24.0 Å². The van der Waals surface area contributed by atoms with E-state index >= 15 is 0 Å². The van der Waals surface area contributed by atoms with Gasteiger partial charge in [0.25, 0.3) is 0 Å². The van der Waals surface area contributed by atoms with Crippen molar-refractivity contribution >= 4 is 0 Å². The fraction of sp³-hybridized carbons (Fsp3) is 0.500. The second kappa shape index (κ2) is 6.47. The molecule has 1 heteroatoms. The van der Waals surface area contributed by atoms with Crippen molar-refractivity contribution in [1.82, 2.24) is 0 Å². The molecule has 0 amide bonds. The second-order valence-electron chi connectivity index (χ2n) is 4.65. The zero-order chi connectivity index (χ0) is 11.9. The van der Waals surface area contributed by atoms with Gasteiger partial charge in [-0.3, -0.25) is 0 Å². The van der Waals surface area contributed by atoms with Gasteiger partial charge >= 0.3 is 0 Å². The number of hydrogen-bond donors (Lipinski definition) is 0. The van der Waals surface area contributed by atoms with Crippen LogP contribution in [0.15, 0.2) is 30.3 Å². The summed E-state index contributed by atoms with van der Waals surface area (Å²) in [5.41, 5.74) is 1.15. The molecule has 0 bridgehead atoms. The predicted molar refractivity (Wildman–Crippen MR) is 70.5 cm³/mol. The van der Waals surface area contributed by atoms with Crippen LogP contribution in [0.2, 0.25) is 0 Å². The van der Waals surface area contributed by atoms with E-state index in [1.165, 1.54) is 32.1 Å². The standard InChI is InChI=1S/C16H20O/c1-17-16(15-10-6-3-7-11-15)13-12-14-8-4-2-5-9-14/h3,6-7,10-11,14,16H,2,4-5,8-9H2,1H3. The molecule has 0 spiro atoms. The molecule has 1 fully saturated rings. The molecule has 1 aromatic rings. The van der Waals surface area contributed by atoms with Crippen LogP contribution in [0.25, 0.3) is 0 Å². The van der Waals surface area contributed by atoms with Crippen molar-refractivity contribution < 1.29 is 4.74 Å². The van der Waals surface area contributed by atoms with Crippen LogP contribution in [0.4, 0.5) is 0 Å². The molecule has 0 heterocycles. The van der Waals surface area contributed by atoms with Crippen molar-refractivity contribution in [3.05, 3.63) is 35.9 Å².